The second-order valence-electron chi connectivity index (χ2n) is 7.66. The van der Waals surface area contributed by atoms with Crippen LogP contribution in [0.3, 0.4) is 0 Å². The van der Waals surface area contributed by atoms with Crippen LogP contribution >= 0.6 is 11.8 Å². The van der Waals surface area contributed by atoms with Gasteiger partial charge in [-0.2, -0.15) is 0 Å². The third kappa shape index (κ3) is 4.02. The standard InChI is InChI=1S/C21H25N3O7S/c1-23-17(26)12(18(27)24(2)21(23)28)9-22-14-15(25)16-13(30-20(14)32-3)10-29-19(31-16)11-7-5-4-6-8-11/h4-9,13-16,19-20,25-26H,10H2,1-3H3/t13-,14-,15-,16-,19?,20+/m1/s1. The Bertz CT molecular complexity index is 1120. The number of fused-ring (bicyclic) bond motifs is 1. The normalized spacial score (nSPS) is 30.4. The van der Waals surface area contributed by atoms with E-state index in [0.29, 0.717) is 0 Å². The molecule has 1 aromatic carbocycles. The van der Waals surface area contributed by atoms with Crippen molar-refractivity contribution in [2.45, 2.75) is 36.1 Å². The summed E-state index contributed by atoms with van der Waals surface area (Å²) in [4.78, 5) is 28.8. The zero-order valence-electron chi connectivity index (χ0n) is 17.8. The maximum absolute atomic E-state index is 12.5. The largest absolute Gasteiger partial charge is 0.494 e. The van der Waals surface area contributed by atoms with Gasteiger partial charge in [-0.15, -0.1) is 11.8 Å². The fourth-order valence-corrected chi connectivity index (χ4v) is 4.61. The van der Waals surface area contributed by atoms with Crippen LogP contribution in [0.25, 0.3) is 0 Å². The summed E-state index contributed by atoms with van der Waals surface area (Å²) in [5.74, 6) is -0.502. The molecule has 2 saturated heterocycles. The number of aliphatic hydroxyl groups excluding tert-OH is 1. The van der Waals surface area contributed by atoms with E-state index in [1.807, 2.05) is 36.6 Å². The van der Waals surface area contributed by atoms with Crippen molar-refractivity contribution in [1.82, 2.24) is 9.13 Å². The third-order valence-electron chi connectivity index (χ3n) is 5.68. The quantitative estimate of drug-likeness (QED) is 0.614. The first kappa shape index (κ1) is 22.7. The van der Waals surface area contributed by atoms with E-state index in [2.05, 4.69) is 4.99 Å². The molecule has 2 aromatic rings. The number of aromatic hydroxyl groups is 1. The number of ether oxygens (including phenoxy) is 3. The number of rotatable bonds is 4. The van der Waals surface area contributed by atoms with Gasteiger partial charge < -0.3 is 24.4 Å². The van der Waals surface area contributed by atoms with E-state index in [0.717, 1.165) is 14.7 Å². The van der Waals surface area contributed by atoms with Crippen LogP contribution in [0.5, 0.6) is 5.88 Å². The Morgan fingerprint density at radius 2 is 1.88 bits per heavy atom. The van der Waals surface area contributed by atoms with Crippen molar-refractivity contribution in [3.63, 3.8) is 0 Å². The van der Waals surface area contributed by atoms with Crippen LogP contribution < -0.4 is 11.2 Å². The average molecular weight is 464 g/mol. The zero-order valence-corrected chi connectivity index (χ0v) is 18.6. The molecule has 2 N–H and O–H groups in total. The highest BCUT2D eigenvalue weighted by atomic mass is 32.2. The number of aliphatic imine (C=N–C) groups is 1. The highest BCUT2D eigenvalue weighted by Gasteiger charge is 2.49. The first-order chi connectivity index (χ1) is 15.3. The molecule has 2 aliphatic rings. The Kier molecular flexibility index (Phi) is 6.54. The maximum atomic E-state index is 12.5. The van der Waals surface area contributed by atoms with Crippen LogP contribution in [0.15, 0.2) is 44.9 Å². The molecule has 4 rings (SSSR count). The van der Waals surface area contributed by atoms with E-state index in [1.54, 1.807) is 0 Å². The molecule has 1 aromatic heterocycles. The molecule has 2 fully saturated rings. The van der Waals surface area contributed by atoms with Crippen LogP contribution in [0.4, 0.5) is 0 Å². The molecule has 3 heterocycles. The van der Waals surface area contributed by atoms with Gasteiger partial charge in [0.15, 0.2) is 6.29 Å². The monoisotopic (exact) mass is 463 g/mol. The Balaban J connectivity index is 1.62. The highest BCUT2D eigenvalue weighted by Crippen LogP contribution is 2.37. The lowest BCUT2D eigenvalue weighted by Gasteiger charge is -2.46. The average Bonchev–Trinajstić information content (AvgIpc) is 2.82. The van der Waals surface area contributed by atoms with Crippen molar-refractivity contribution in [2.24, 2.45) is 19.1 Å². The molecule has 172 valence electrons. The fraction of sp³-hybridized carbons (Fsp3) is 0.476. The lowest BCUT2D eigenvalue weighted by Crippen LogP contribution is -2.60. The van der Waals surface area contributed by atoms with E-state index in [-0.39, 0.29) is 12.2 Å². The number of hydrogen-bond acceptors (Lipinski definition) is 9. The second-order valence-corrected chi connectivity index (χ2v) is 8.59. The summed E-state index contributed by atoms with van der Waals surface area (Å²) < 4.78 is 19.7. The van der Waals surface area contributed by atoms with Crippen LogP contribution in [-0.4, -0.2) is 68.2 Å². The molecule has 1 unspecified atom stereocenters. The molecule has 0 amide bonds. The molecule has 0 bridgehead atoms. The van der Waals surface area contributed by atoms with Gasteiger partial charge in [0.1, 0.15) is 35.4 Å². The molecule has 0 saturated carbocycles. The predicted octanol–water partition coefficient (Wildman–Crippen LogP) is 0.140. The van der Waals surface area contributed by atoms with Gasteiger partial charge in [-0.05, 0) is 6.26 Å². The first-order valence-corrected chi connectivity index (χ1v) is 11.3. The van der Waals surface area contributed by atoms with Crippen molar-refractivity contribution >= 4 is 18.0 Å². The number of hydrogen-bond donors (Lipinski definition) is 2. The summed E-state index contributed by atoms with van der Waals surface area (Å²) in [6, 6.07) is 8.61. The van der Waals surface area contributed by atoms with Gasteiger partial charge in [-0.3, -0.25) is 18.9 Å². The molecule has 32 heavy (non-hydrogen) atoms. The summed E-state index contributed by atoms with van der Waals surface area (Å²) in [5, 5.41) is 21.4. The smallest absolute Gasteiger partial charge is 0.333 e. The molecule has 11 heteroatoms. The van der Waals surface area contributed by atoms with Gasteiger partial charge in [0.2, 0.25) is 5.88 Å². The van der Waals surface area contributed by atoms with Crippen molar-refractivity contribution in [3.8, 4) is 5.88 Å². The third-order valence-corrected chi connectivity index (χ3v) is 6.54. The number of nitrogens with zero attached hydrogens (tertiary/aromatic N) is 3. The lowest BCUT2D eigenvalue weighted by molar-refractivity contribution is -0.305. The Morgan fingerprint density at radius 1 is 1.16 bits per heavy atom. The van der Waals surface area contributed by atoms with E-state index < -0.39 is 53.2 Å². The number of aromatic nitrogens is 2. The molecule has 10 nitrogen and oxygen atoms in total. The minimum absolute atomic E-state index is 0.154. The van der Waals surface area contributed by atoms with Crippen molar-refractivity contribution in [2.75, 3.05) is 12.9 Å². The van der Waals surface area contributed by atoms with Crippen molar-refractivity contribution < 1.29 is 24.4 Å². The molecule has 6 atom stereocenters. The van der Waals surface area contributed by atoms with Gasteiger partial charge in [0.25, 0.3) is 5.56 Å². The summed E-state index contributed by atoms with van der Waals surface area (Å²) in [5.41, 5.74) is -1.20. The highest BCUT2D eigenvalue weighted by molar-refractivity contribution is 7.99. The molecule has 0 radical (unpaired) electrons. The van der Waals surface area contributed by atoms with Gasteiger partial charge in [0.05, 0.1) is 6.61 Å². The van der Waals surface area contributed by atoms with Gasteiger partial charge >= 0.3 is 5.69 Å². The maximum Gasteiger partial charge on any atom is 0.333 e. The number of thioether (sulfide) groups is 1. The number of aliphatic hydroxyl groups is 1. The van der Waals surface area contributed by atoms with E-state index in [1.165, 1.54) is 32.1 Å². The van der Waals surface area contributed by atoms with Crippen molar-refractivity contribution in [1.29, 1.82) is 0 Å². The second kappa shape index (κ2) is 9.20. The fourth-order valence-electron chi connectivity index (χ4n) is 3.84. The summed E-state index contributed by atoms with van der Waals surface area (Å²) in [7, 11) is 2.66. The Hall–Kier alpha value is -2.44. The lowest BCUT2D eigenvalue weighted by atomic mass is 9.97. The van der Waals surface area contributed by atoms with E-state index in [4.69, 9.17) is 14.2 Å². The van der Waals surface area contributed by atoms with Gasteiger partial charge in [0, 0.05) is 25.9 Å². The molecule has 0 spiro atoms. The van der Waals surface area contributed by atoms with Crippen LogP contribution in [0.1, 0.15) is 17.4 Å². The number of benzene rings is 1. The minimum atomic E-state index is -1.05. The Morgan fingerprint density at radius 3 is 2.56 bits per heavy atom. The topological polar surface area (TPSA) is 125 Å². The van der Waals surface area contributed by atoms with Crippen LogP contribution in [-0.2, 0) is 28.3 Å². The van der Waals surface area contributed by atoms with Crippen molar-refractivity contribution in [3.05, 3.63) is 62.3 Å². The van der Waals surface area contributed by atoms with Gasteiger partial charge in [-0.25, -0.2) is 4.79 Å². The Labute approximate surface area is 188 Å². The summed E-state index contributed by atoms with van der Waals surface area (Å²) >= 11 is 1.35. The molecular formula is C21H25N3O7S. The first-order valence-electron chi connectivity index (χ1n) is 10.0. The molecular weight excluding hydrogens is 438 g/mol. The van der Waals surface area contributed by atoms with Gasteiger partial charge in [-0.1, -0.05) is 30.3 Å². The predicted molar refractivity (Wildman–Crippen MR) is 118 cm³/mol. The van der Waals surface area contributed by atoms with E-state index in [9.17, 15) is 19.8 Å². The SMILES string of the molecule is CS[C@@H]1O[C@@H]2COC(c3ccccc3)O[C@H]2[C@H](O)[C@H]1N=Cc1c(O)n(C)c(=O)n(C)c1=O. The molecule has 2 aliphatic heterocycles. The summed E-state index contributed by atoms with van der Waals surface area (Å²) in [6.07, 6.45) is 0.123. The van der Waals surface area contributed by atoms with Crippen LogP contribution in [0, 0.1) is 0 Å². The van der Waals surface area contributed by atoms with Crippen LogP contribution in [0.2, 0.25) is 0 Å². The molecule has 0 aliphatic carbocycles. The summed E-state index contributed by atoms with van der Waals surface area (Å²) in [6.45, 7) is 0.247. The van der Waals surface area contributed by atoms with E-state index >= 15 is 0 Å². The zero-order chi connectivity index (χ0) is 23.0. The minimum Gasteiger partial charge on any atom is -0.494 e.